The summed E-state index contributed by atoms with van der Waals surface area (Å²) >= 11 is 13.5. The second-order valence-corrected chi connectivity index (χ2v) is 9.95. The molecule has 4 aromatic carbocycles. The molecule has 2 amide bonds. The average Bonchev–Trinajstić information content (AvgIpc) is 2.90. The molecule has 0 bridgehead atoms. The molecule has 0 aliphatic heterocycles. The maximum atomic E-state index is 13.4. The van der Waals surface area contributed by atoms with Crippen LogP contribution in [0.2, 0.25) is 10.0 Å². The van der Waals surface area contributed by atoms with Gasteiger partial charge in [0.15, 0.2) is 0 Å². The fraction of sp³-hybridized carbons (Fsp3) is 0.103. The maximum absolute atomic E-state index is 13.4. The number of para-hydroxylation sites is 2. The van der Waals surface area contributed by atoms with E-state index in [1.165, 1.54) is 17.8 Å². The quantitative estimate of drug-likeness (QED) is 0.206. The smallest absolute Gasteiger partial charge is 0.257 e. The van der Waals surface area contributed by atoms with Crippen molar-refractivity contribution < 1.29 is 14.3 Å². The maximum Gasteiger partial charge on any atom is 0.257 e. The van der Waals surface area contributed by atoms with Crippen LogP contribution < -0.4 is 15.4 Å². The zero-order chi connectivity index (χ0) is 26.2. The number of hydrogen-bond donors (Lipinski definition) is 2. The second-order valence-electron chi connectivity index (χ2n) is 7.93. The fourth-order valence-electron chi connectivity index (χ4n) is 3.58. The van der Waals surface area contributed by atoms with E-state index in [9.17, 15) is 9.59 Å². The Morgan fingerprint density at radius 1 is 0.865 bits per heavy atom. The lowest BCUT2D eigenvalue weighted by Gasteiger charge is -2.19. The van der Waals surface area contributed by atoms with E-state index in [-0.39, 0.29) is 16.8 Å². The summed E-state index contributed by atoms with van der Waals surface area (Å²) in [5.41, 5.74) is 2.42. The van der Waals surface area contributed by atoms with E-state index < -0.39 is 5.25 Å². The van der Waals surface area contributed by atoms with Crippen molar-refractivity contribution in [2.24, 2.45) is 0 Å². The number of rotatable bonds is 9. The van der Waals surface area contributed by atoms with E-state index in [2.05, 4.69) is 10.6 Å². The van der Waals surface area contributed by atoms with Gasteiger partial charge in [-0.15, -0.1) is 11.8 Å². The van der Waals surface area contributed by atoms with Crippen LogP contribution >= 0.6 is 35.0 Å². The van der Waals surface area contributed by atoms with Gasteiger partial charge in [0.1, 0.15) is 11.0 Å². The molecular formula is C29H24Cl2N2O3S. The van der Waals surface area contributed by atoms with Gasteiger partial charge in [-0.25, -0.2) is 0 Å². The van der Waals surface area contributed by atoms with E-state index in [4.69, 9.17) is 27.9 Å². The molecule has 188 valence electrons. The number of anilines is 2. The Hall–Kier alpha value is -3.45. The molecule has 0 heterocycles. The highest BCUT2D eigenvalue weighted by Gasteiger charge is 2.23. The predicted octanol–water partition coefficient (Wildman–Crippen LogP) is 8.12. The van der Waals surface area contributed by atoms with Crippen LogP contribution in [0.3, 0.4) is 0 Å². The van der Waals surface area contributed by atoms with Crippen molar-refractivity contribution in [3.05, 3.63) is 118 Å². The molecule has 0 aliphatic carbocycles. The molecule has 8 heteroatoms. The van der Waals surface area contributed by atoms with E-state index in [1.54, 1.807) is 24.3 Å². The number of carbonyl (C=O) groups excluding carboxylic acids is 2. The third kappa shape index (κ3) is 7.07. The van der Waals surface area contributed by atoms with Gasteiger partial charge in [-0.3, -0.25) is 9.59 Å². The van der Waals surface area contributed by atoms with Crippen molar-refractivity contribution >= 4 is 58.2 Å². The summed E-state index contributed by atoms with van der Waals surface area (Å²) in [4.78, 5) is 26.9. The van der Waals surface area contributed by atoms with Gasteiger partial charge in [-0.1, -0.05) is 65.7 Å². The van der Waals surface area contributed by atoms with Gasteiger partial charge in [-0.05, 0) is 67.1 Å². The Balaban J connectivity index is 1.50. The van der Waals surface area contributed by atoms with Crippen LogP contribution in [0.25, 0.3) is 0 Å². The second kappa shape index (κ2) is 12.7. The van der Waals surface area contributed by atoms with Crippen LogP contribution in [-0.4, -0.2) is 18.4 Å². The Labute approximate surface area is 230 Å². The van der Waals surface area contributed by atoms with Crippen molar-refractivity contribution in [2.75, 3.05) is 17.2 Å². The molecule has 2 N–H and O–H groups in total. The highest BCUT2D eigenvalue weighted by atomic mass is 35.5. The number of halogens is 2. The lowest BCUT2D eigenvalue weighted by molar-refractivity contribution is -0.115. The Bertz CT molecular complexity index is 1380. The SMILES string of the molecule is CCOc1ccccc1NC(=O)C(Sc1ccc(NC(=O)c2ccc(Cl)cc2Cl)cc1)c1ccccc1. The minimum atomic E-state index is -0.510. The van der Waals surface area contributed by atoms with Crippen molar-refractivity contribution in [1.29, 1.82) is 0 Å². The molecule has 4 rings (SSSR count). The molecule has 4 aromatic rings. The molecule has 0 aliphatic rings. The van der Waals surface area contributed by atoms with Crippen LogP contribution in [0.15, 0.2) is 102 Å². The summed E-state index contributed by atoms with van der Waals surface area (Å²) in [7, 11) is 0. The number of ether oxygens (including phenoxy) is 1. The van der Waals surface area contributed by atoms with E-state index in [1.807, 2.05) is 73.7 Å². The Kier molecular flexibility index (Phi) is 9.12. The van der Waals surface area contributed by atoms with Gasteiger partial charge in [0.2, 0.25) is 5.91 Å². The predicted molar refractivity (Wildman–Crippen MR) is 152 cm³/mol. The topological polar surface area (TPSA) is 67.4 Å². The molecule has 37 heavy (non-hydrogen) atoms. The number of nitrogens with one attached hydrogen (secondary N) is 2. The largest absolute Gasteiger partial charge is 0.492 e. The molecule has 0 fully saturated rings. The van der Waals surface area contributed by atoms with E-state index in [0.29, 0.717) is 34.3 Å². The zero-order valence-corrected chi connectivity index (χ0v) is 22.2. The normalized spacial score (nSPS) is 11.4. The first-order valence-electron chi connectivity index (χ1n) is 11.6. The number of hydrogen-bond acceptors (Lipinski definition) is 4. The van der Waals surface area contributed by atoms with Gasteiger partial charge in [-0.2, -0.15) is 0 Å². The summed E-state index contributed by atoms with van der Waals surface area (Å²) in [6.45, 7) is 2.40. The minimum absolute atomic E-state index is 0.168. The fourth-order valence-corrected chi connectivity index (χ4v) is 5.09. The first kappa shape index (κ1) is 26.6. The van der Waals surface area contributed by atoms with E-state index in [0.717, 1.165) is 10.5 Å². The third-order valence-corrected chi connectivity index (χ3v) is 7.14. The first-order valence-corrected chi connectivity index (χ1v) is 13.2. The molecular weight excluding hydrogens is 527 g/mol. The molecule has 1 atom stereocenters. The van der Waals surface area contributed by atoms with Crippen LogP contribution in [0.4, 0.5) is 11.4 Å². The molecule has 1 unspecified atom stereocenters. The summed E-state index contributed by atoms with van der Waals surface area (Å²) in [5, 5.41) is 6.08. The van der Waals surface area contributed by atoms with Gasteiger partial charge < -0.3 is 15.4 Å². The number of benzene rings is 4. The molecule has 0 radical (unpaired) electrons. The number of amides is 2. The number of thioether (sulfide) groups is 1. The molecule has 5 nitrogen and oxygen atoms in total. The van der Waals surface area contributed by atoms with Crippen molar-refractivity contribution in [3.8, 4) is 5.75 Å². The monoisotopic (exact) mass is 550 g/mol. The molecule has 0 saturated carbocycles. The van der Waals surface area contributed by atoms with Gasteiger partial charge in [0.05, 0.1) is 22.9 Å². The van der Waals surface area contributed by atoms with E-state index >= 15 is 0 Å². The highest BCUT2D eigenvalue weighted by Crippen LogP contribution is 2.37. The standard InChI is InChI=1S/C29H24Cl2N2O3S/c1-2-36-26-11-7-6-10-25(26)33-29(35)27(19-8-4-3-5-9-19)37-22-15-13-21(14-16-22)32-28(34)23-17-12-20(30)18-24(23)31/h3-18,27H,2H2,1H3,(H,32,34)(H,33,35). The molecule has 0 aromatic heterocycles. The average molecular weight is 551 g/mol. The Morgan fingerprint density at radius 3 is 2.27 bits per heavy atom. The summed E-state index contributed by atoms with van der Waals surface area (Å²) in [6, 6.07) is 29.0. The van der Waals surface area contributed by atoms with Gasteiger partial charge >= 0.3 is 0 Å². The van der Waals surface area contributed by atoms with Crippen LogP contribution in [-0.2, 0) is 4.79 Å². The lowest BCUT2D eigenvalue weighted by atomic mass is 10.1. The van der Waals surface area contributed by atoms with Crippen molar-refractivity contribution in [3.63, 3.8) is 0 Å². The molecule has 0 saturated heterocycles. The van der Waals surface area contributed by atoms with Gasteiger partial charge in [0.25, 0.3) is 5.91 Å². The Morgan fingerprint density at radius 2 is 1.57 bits per heavy atom. The summed E-state index contributed by atoms with van der Waals surface area (Å²) in [6.07, 6.45) is 0. The third-order valence-electron chi connectivity index (χ3n) is 5.33. The molecule has 0 spiro atoms. The lowest BCUT2D eigenvalue weighted by Crippen LogP contribution is -2.19. The number of carbonyl (C=O) groups is 2. The minimum Gasteiger partial charge on any atom is -0.492 e. The van der Waals surface area contributed by atoms with Gasteiger partial charge in [0, 0.05) is 15.6 Å². The van der Waals surface area contributed by atoms with Crippen molar-refractivity contribution in [1.82, 2.24) is 0 Å². The van der Waals surface area contributed by atoms with Crippen LogP contribution in [0, 0.1) is 0 Å². The van der Waals surface area contributed by atoms with Crippen LogP contribution in [0.5, 0.6) is 5.75 Å². The highest BCUT2D eigenvalue weighted by molar-refractivity contribution is 8.00. The summed E-state index contributed by atoms with van der Waals surface area (Å²) in [5.74, 6) is 0.116. The summed E-state index contributed by atoms with van der Waals surface area (Å²) < 4.78 is 5.66. The zero-order valence-electron chi connectivity index (χ0n) is 19.9. The van der Waals surface area contributed by atoms with Crippen LogP contribution in [0.1, 0.15) is 28.1 Å². The first-order chi connectivity index (χ1) is 17.9. The van der Waals surface area contributed by atoms with Crippen molar-refractivity contribution in [2.45, 2.75) is 17.1 Å².